The fourth-order valence-electron chi connectivity index (χ4n) is 2.70. The van der Waals surface area contributed by atoms with Gasteiger partial charge in [-0.2, -0.15) is 0 Å². The molecule has 1 fully saturated rings. The molecule has 0 unspecified atom stereocenters. The topological polar surface area (TPSA) is 20.2 Å². The molecule has 1 saturated heterocycles. The van der Waals surface area contributed by atoms with Gasteiger partial charge in [0.25, 0.3) is 0 Å². The summed E-state index contributed by atoms with van der Waals surface area (Å²) in [5.41, 5.74) is 1.74. The molecule has 0 bridgehead atoms. The average Bonchev–Trinajstić information content (AvgIpc) is 2.50. The van der Waals surface area contributed by atoms with Gasteiger partial charge in [-0.25, -0.2) is 0 Å². The normalized spacial score (nSPS) is 25.6. The summed E-state index contributed by atoms with van der Waals surface area (Å²) < 4.78 is 2.38. The van der Waals surface area contributed by atoms with Crippen LogP contribution >= 0.6 is 0 Å². The molecule has 1 N–H and O–H groups in total. The molecule has 0 saturated carbocycles. The highest BCUT2D eigenvalue weighted by molar-refractivity contribution is 5.25. The van der Waals surface area contributed by atoms with Gasteiger partial charge < -0.3 is 14.8 Å². The van der Waals surface area contributed by atoms with Crippen molar-refractivity contribution in [2.75, 3.05) is 26.7 Å². The molecule has 2 aliphatic heterocycles. The summed E-state index contributed by atoms with van der Waals surface area (Å²) in [4.78, 5) is 2.36. The monoisotopic (exact) mass is 177 g/mol. The second-order valence-corrected chi connectivity index (χ2v) is 4.27. The van der Waals surface area contributed by atoms with Gasteiger partial charge in [-0.15, -0.1) is 0 Å². The number of likely N-dealkylation sites (N-methyl/N-ethyl adjacent to an activating group) is 1. The number of rotatable bonds is 0. The first-order chi connectivity index (χ1) is 6.30. The summed E-state index contributed by atoms with van der Waals surface area (Å²) in [7, 11) is 2.18. The predicted octanol–water partition coefficient (Wildman–Crippen LogP) is 0.232. The minimum atomic E-state index is 0.274. The van der Waals surface area contributed by atoms with E-state index in [1.165, 1.54) is 5.69 Å². The fourth-order valence-corrected chi connectivity index (χ4v) is 2.70. The lowest BCUT2D eigenvalue weighted by atomic mass is 9.85. The van der Waals surface area contributed by atoms with Crippen LogP contribution in [0.2, 0.25) is 0 Å². The number of hydrogen-bond acceptors (Lipinski definition) is 2. The van der Waals surface area contributed by atoms with Gasteiger partial charge in [0.05, 0.1) is 5.54 Å². The number of likely N-dealkylation sites (tertiary alicyclic amines) is 1. The zero-order valence-electron chi connectivity index (χ0n) is 7.95. The highest BCUT2D eigenvalue weighted by Crippen LogP contribution is 2.32. The van der Waals surface area contributed by atoms with Crippen molar-refractivity contribution >= 4 is 0 Å². The summed E-state index contributed by atoms with van der Waals surface area (Å²) in [6.07, 6.45) is 2.19. The van der Waals surface area contributed by atoms with Crippen LogP contribution in [0.5, 0.6) is 0 Å². The molecule has 0 aliphatic carbocycles. The van der Waals surface area contributed by atoms with Crippen LogP contribution < -0.4 is 5.32 Å². The van der Waals surface area contributed by atoms with Crippen LogP contribution in [-0.4, -0.2) is 36.1 Å². The van der Waals surface area contributed by atoms with Crippen LogP contribution in [0.25, 0.3) is 0 Å². The number of aromatic nitrogens is 1. The lowest BCUT2D eigenvalue weighted by Gasteiger charge is -2.51. The Kier molecular flexibility index (Phi) is 1.38. The van der Waals surface area contributed by atoms with Crippen molar-refractivity contribution in [1.29, 1.82) is 0 Å². The quantitative estimate of drug-likeness (QED) is 0.612. The minimum Gasteiger partial charge on any atom is -0.348 e. The van der Waals surface area contributed by atoms with E-state index >= 15 is 0 Å². The van der Waals surface area contributed by atoms with Crippen molar-refractivity contribution in [2.24, 2.45) is 0 Å². The van der Waals surface area contributed by atoms with Crippen LogP contribution in [0.1, 0.15) is 5.69 Å². The third kappa shape index (κ3) is 0.914. The van der Waals surface area contributed by atoms with E-state index in [-0.39, 0.29) is 5.54 Å². The average molecular weight is 177 g/mol. The molecule has 2 aliphatic rings. The SMILES string of the molecule is CN1CC2(C1)NCCn1cccc12. The molecule has 70 valence electrons. The van der Waals surface area contributed by atoms with Crippen LogP contribution in [0, 0.1) is 0 Å². The zero-order chi connectivity index (χ0) is 8.89. The highest BCUT2D eigenvalue weighted by Gasteiger charge is 2.45. The fraction of sp³-hybridized carbons (Fsp3) is 0.600. The number of nitrogens with zero attached hydrogens (tertiary/aromatic N) is 2. The maximum atomic E-state index is 3.64. The number of hydrogen-bond donors (Lipinski definition) is 1. The van der Waals surface area contributed by atoms with E-state index in [2.05, 4.69) is 40.2 Å². The summed E-state index contributed by atoms with van der Waals surface area (Å²) in [6.45, 7) is 4.53. The Bertz CT molecular complexity index is 323. The molecule has 0 radical (unpaired) electrons. The van der Waals surface area contributed by atoms with Gasteiger partial charge in [-0.3, -0.25) is 0 Å². The summed E-state index contributed by atoms with van der Waals surface area (Å²) >= 11 is 0. The smallest absolute Gasteiger partial charge is 0.0845 e. The van der Waals surface area contributed by atoms with Gasteiger partial charge in [0, 0.05) is 38.1 Å². The molecule has 0 atom stereocenters. The summed E-state index contributed by atoms with van der Waals surface area (Å²) in [5, 5.41) is 3.64. The Hall–Kier alpha value is -0.800. The molecule has 1 aromatic rings. The molecule has 0 amide bonds. The van der Waals surface area contributed by atoms with E-state index in [1.807, 2.05) is 0 Å². The molecular weight excluding hydrogens is 162 g/mol. The molecule has 13 heavy (non-hydrogen) atoms. The first-order valence-electron chi connectivity index (χ1n) is 4.89. The van der Waals surface area contributed by atoms with Crippen LogP contribution in [0.15, 0.2) is 18.3 Å². The Balaban J connectivity index is 2.01. The second-order valence-electron chi connectivity index (χ2n) is 4.27. The van der Waals surface area contributed by atoms with Crippen molar-refractivity contribution in [1.82, 2.24) is 14.8 Å². The molecule has 1 aromatic heterocycles. The second kappa shape index (κ2) is 2.36. The maximum absolute atomic E-state index is 3.64. The van der Waals surface area contributed by atoms with Crippen LogP contribution in [0.3, 0.4) is 0 Å². The Morgan fingerprint density at radius 3 is 3.08 bits per heavy atom. The Labute approximate surface area is 78.3 Å². The summed E-state index contributed by atoms with van der Waals surface area (Å²) in [5.74, 6) is 0. The largest absolute Gasteiger partial charge is 0.348 e. The first kappa shape index (κ1) is 7.59. The molecule has 3 nitrogen and oxygen atoms in total. The van der Waals surface area contributed by atoms with Gasteiger partial charge in [0.2, 0.25) is 0 Å². The van der Waals surface area contributed by atoms with E-state index in [1.54, 1.807) is 0 Å². The number of fused-ring (bicyclic) bond motifs is 2. The van der Waals surface area contributed by atoms with Crippen molar-refractivity contribution in [3.8, 4) is 0 Å². The molecule has 0 aromatic carbocycles. The lowest BCUT2D eigenvalue weighted by Crippen LogP contribution is -2.67. The highest BCUT2D eigenvalue weighted by atomic mass is 15.3. The van der Waals surface area contributed by atoms with Gasteiger partial charge in [-0.1, -0.05) is 0 Å². The molecule has 1 spiro atoms. The van der Waals surface area contributed by atoms with Gasteiger partial charge in [-0.05, 0) is 19.2 Å². The van der Waals surface area contributed by atoms with E-state index in [4.69, 9.17) is 0 Å². The van der Waals surface area contributed by atoms with Crippen molar-refractivity contribution in [3.63, 3.8) is 0 Å². The Morgan fingerprint density at radius 1 is 1.46 bits per heavy atom. The third-order valence-electron chi connectivity index (χ3n) is 3.22. The van der Waals surface area contributed by atoms with Crippen LogP contribution in [-0.2, 0) is 12.1 Å². The standard InChI is InChI=1S/C10H15N3/c1-12-7-10(8-12)9-3-2-5-13(9)6-4-11-10/h2-3,5,11H,4,6-8H2,1H3. The predicted molar refractivity (Wildman–Crippen MR) is 51.6 cm³/mol. The van der Waals surface area contributed by atoms with E-state index in [9.17, 15) is 0 Å². The van der Waals surface area contributed by atoms with Gasteiger partial charge in [0.15, 0.2) is 0 Å². The number of nitrogens with one attached hydrogen (secondary N) is 1. The van der Waals surface area contributed by atoms with E-state index in [0.717, 1.165) is 26.2 Å². The van der Waals surface area contributed by atoms with Gasteiger partial charge in [0.1, 0.15) is 0 Å². The minimum absolute atomic E-state index is 0.274. The van der Waals surface area contributed by atoms with Gasteiger partial charge >= 0.3 is 0 Å². The van der Waals surface area contributed by atoms with Crippen molar-refractivity contribution in [3.05, 3.63) is 24.0 Å². The Morgan fingerprint density at radius 2 is 2.31 bits per heavy atom. The molecule has 3 rings (SSSR count). The lowest BCUT2D eigenvalue weighted by molar-refractivity contribution is 0.0462. The molecule has 3 heteroatoms. The molecular formula is C10H15N3. The van der Waals surface area contributed by atoms with Crippen molar-refractivity contribution < 1.29 is 0 Å². The third-order valence-corrected chi connectivity index (χ3v) is 3.22. The zero-order valence-corrected chi connectivity index (χ0v) is 7.95. The van der Waals surface area contributed by atoms with Crippen LogP contribution in [0.4, 0.5) is 0 Å². The van der Waals surface area contributed by atoms with E-state index < -0.39 is 0 Å². The first-order valence-corrected chi connectivity index (χ1v) is 4.89. The molecule has 3 heterocycles. The van der Waals surface area contributed by atoms with Crippen molar-refractivity contribution in [2.45, 2.75) is 12.1 Å². The van der Waals surface area contributed by atoms with E-state index in [0.29, 0.717) is 0 Å². The summed E-state index contributed by atoms with van der Waals surface area (Å²) in [6, 6.07) is 4.40. The maximum Gasteiger partial charge on any atom is 0.0845 e.